The number of hydrogen-bond donors (Lipinski definition) is 1. The predicted molar refractivity (Wildman–Crippen MR) is 74.5 cm³/mol. The molecule has 0 spiro atoms. The zero-order chi connectivity index (χ0) is 13.3. The molecule has 0 bridgehead atoms. The van der Waals surface area contributed by atoms with Gasteiger partial charge in [0.15, 0.2) is 0 Å². The number of carboxylic acid groups (broad SMARTS) is 1. The number of benzene rings is 1. The van der Waals surface area contributed by atoms with Crippen LogP contribution in [0.25, 0.3) is 0 Å². The number of aliphatic carboxylic acids is 1. The third-order valence-corrected chi connectivity index (χ3v) is 4.53. The van der Waals surface area contributed by atoms with Gasteiger partial charge in [0.1, 0.15) is 6.04 Å². The first-order chi connectivity index (χ1) is 8.49. The average molecular weight is 312 g/mol. The Morgan fingerprint density at radius 1 is 1.56 bits per heavy atom. The molecule has 0 radical (unpaired) electrons. The number of aryl methyl sites for hydroxylation is 1. The quantitative estimate of drug-likeness (QED) is 0.932. The maximum absolute atomic E-state index is 11.3. The van der Waals surface area contributed by atoms with Crippen molar-refractivity contribution in [3.8, 4) is 0 Å². The molecular formula is C14H18BrNO2. The Morgan fingerprint density at radius 2 is 2.28 bits per heavy atom. The van der Waals surface area contributed by atoms with Crippen LogP contribution in [0.1, 0.15) is 24.5 Å². The predicted octanol–water partition coefficient (Wildman–Crippen LogP) is 3.05. The lowest BCUT2D eigenvalue weighted by atomic mass is 10.0. The highest BCUT2D eigenvalue weighted by molar-refractivity contribution is 9.10. The van der Waals surface area contributed by atoms with E-state index < -0.39 is 5.97 Å². The Labute approximate surface area is 116 Å². The first kappa shape index (κ1) is 13.6. The lowest BCUT2D eigenvalue weighted by Gasteiger charge is -2.23. The second-order valence-electron chi connectivity index (χ2n) is 5.10. The van der Waals surface area contributed by atoms with Gasteiger partial charge >= 0.3 is 5.97 Å². The average Bonchev–Trinajstić information content (AvgIpc) is 2.65. The van der Waals surface area contributed by atoms with Gasteiger partial charge < -0.3 is 5.11 Å². The molecule has 1 fully saturated rings. The molecule has 2 unspecified atom stereocenters. The zero-order valence-corrected chi connectivity index (χ0v) is 12.3. The van der Waals surface area contributed by atoms with Crippen molar-refractivity contribution in [2.24, 2.45) is 5.92 Å². The van der Waals surface area contributed by atoms with Gasteiger partial charge in [-0.15, -0.1) is 0 Å². The summed E-state index contributed by atoms with van der Waals surface area (Å²) < 4.78 is 1.08. The molecule has 0 saturated carbocycles. The van der Waals surface area contributed by atoms with E-state index in [1.54, 1.807) is 0 Å². The van der Waals surface area contributed by atoms with Crippen molar-refractivity contribution in [2.75, 3.05) is 6.54 Å². The Morgan fingerprint density at radius 3 is 2.89 bits per heavy atom. The number of hydrogen-bond acceptors (Lipinski definition) is 2. The Kier molecular flexibility index (Phi) is 4.07. The standard InChI is InChI=1S/C14H18BrNO2/c1-9-3-4-11(7-12(9)15)8-16-6-5-10(2)13(16)14(17)18/h3-4,7,10,13H,5-6,8H2,1-2H3,(H,17,18). The van der Waals surface area contributed by atoms with Crippen LogP contribution in [0.2, 0.25) is 0 Å². The lowest BCUT2D eigenvalue weighted by molar-refractivity contribution is -0.143. The Balaban J connectivity index is 2.13. The normalized spacial score (nSPS) is 24.4. The number of halogens is 1. The molecule has 1 aromatic carbocycles. The van der Waals surface area contributed by atoms with Crippen LogP contribution in [0, 0.1) is 12.8 Å². The fourth-order valence-corrected chi connectivity index (χ4v) is 3.00. The molecule has 2 rings (SSSR count). The van der Waals surface area contributed by atoms with Crippen molar-refractivity contribution in [3.05, 3.63) is 33.8 Å². The van der Waals surface area contributed by atoms with E-state index in [4.69, 9.17) is 0 Å². The molecule has 4 heteroatoms. The van der Waals surface area contributed by atoms with Crippen LogP contribution < -0.4 is 0 Å². The highest BCUT2D eigenvalue weighted by atomic mass is 79.9. The van der Waals surface area contributed by atoms with Crippen molar-refractivity contribution < 1.29 is 9.90 Å². The molecule has 1 N–H and O–H groups in total. The molecule has 0 amide bonds. The summed E-state index contributed by atoms with van der Waals surface area (Å²) in [4.78, 5) is 13.3. The second kappa shape index (κ2) is 5.41. The van der Waals surface area contributed by atoms with Crippen LogP contribution in [0.3, 0.4) is 0 Å². The van der Waals surface area contributed by atoms with Crippen molar-refractivity contribution in [2.45, 2.75) is 32.9 Å². The third kappa shape index (κ3) is 2.75. The summed E-state index contributed by atoms with van der Waals surface area (Å²) in [5, 5.41) is 9.28. The molecule has 1 saturated heterocycles. The van der Waals surface area contributed by atoms with Crippen LogP contribution in [-0.4, -0.2) is 28.6 Å². The topological polar surface area (TPSA) is 40.5 Å². The van der Waals surface area contributed by atoms with Crippen LogP contribution in [0.4, 0.5) is 0 Å². The Hall–Kier alpha value is -0.870. The summed E-state index contributed by atoms with van der Waals surface area (Å²) >= 11 is 3.52. The minimum Gasteiger partial charge on any atom is -0.480 e. The molecule has 1 aliphatic heterocycles. The third-order valence-electron chi connectivity index (χ3n) is 3.68. The fourth-order valence-electron chi connectivity index (χ4n) is 2.57. The number of nitrogens with zero attached hydrogens (tertiary/aromatic N) is 1. The van der Waals surface area contributed by atoms with E-state index in [0.29, 0.717) is 6.54 Å². The molecule has 3 nitrogen and oxygen atoms in total. The van der Waals surface area contributed by atoms with Gasteiger partial charge in [-0.05, 0) is 43.0 Å². The first-order valence-electron chi connectivity index (χ1n) is 6.21. The smallest absolute Gasteiger partial charge is 0.321 e. The van der Waals surface area contributed by atoms with Gasteiger partial charge in [-0.1, -0.05) is 35.0 Å². The number of likely N-dealkylation sites (tertiary alicyclic amines) is 1. The van der Waals surface area contributed by atoms with E-state index >= 15 is 0 Å². The van der Waals surface area contributed by atoms with E-state index in [1.807, 2.05) is 13.8 Å². The number of carbonyl (C=O) groups is 1. The van der Waals surface area contributed by atoms with Crippen molar-refractivity contribution in [1.82, 2.24) is 4.90 Å². The molecular weight excluding hydrogens is 294 g/mol. The van der Waals surface area contributed by atoms with Gasteiger partial charge in [-0.2, -0.15) is 0 Å². The second-order valence-corrected chi connectivity index (χ2v) is 5.96. The monoisotopic (exact) mass is 311 g/mol. The van der Waals surface area contributed by atoms with Crippen LogP contribution in [-0.2, 0) is 11.3 Å². The SMILES string of the molecule is Cc1ccc(CN2CCC(C)C2C(=O)O)cc1Br. The van der Waals surface area contributed by atoms with Gasteiger partial charge in [0.2, 0.25) is 0 Å². The summed E-state index contributed by atoms with van der Waals surface area (Å²) in [6, 6.07) is 5.87. The minimum absolute atomic E-state index is 0.233. The molecule has 18 heavy (non-hydrogen) atoms. The van der Waals surface area contributed by atoms with Gasteiger partial charge in [-0.3, -0.25) is 9.69 Å². The van der Waals surface area contributed by atoms with Crippen molar-refractivity contribution >= 4 is 21.9 Å². The molecule has 2 atom stereocenters. The maximum Gasteiger partial charge on any atom is 0.321 e. The first-order valence-corrected chi connectivity index (χ1v) is 7.00. The maximum atomic E-state index is 11.3. The number of carboxylic acids is 1. The van der Waals surface area contributed by atoms with Gasteiger partial charge in [0, 0.05) is 11.0 Å². The molecule has 1 heterocycles. The molecule has 98 valence electrons. The largest absolute Gasteiger partial charge is 0.480 e. The summed E-state index contributed by atoms with van der Waals surface area (Å²) in [6.07, 6.45) is 0.962. The van der Waals surface area contributed by atoms with Crippen LogP contribution >= 0.6 is 15.9 Å². The summed E-state index contributed by atoms with van der Waals surface area (Å²) in [6.45, 7) is 5.64. The summed E-state index contributed by atoms with van der Waals surface area (Å²) in [7, 11) is 0. The summed E-state index contributed by atoms with van der Waals surface area (Å²) in [5.41, 5.74) is 2.36. The summed E-state index contributed by atoms with van der Waals surface area (Å²) in [5.74, 6) is -0.470. The van der Waals surface area contributed by atoms with E-state index in [9.17, 15) is 9.90 Å². The van der Waals surface area contributed by atoms with E-state index in [-0.39, 0.29) is 12.0 Å². The molecule has 1 aromatic rings. The highest BCUT2D eigenvalue weighted by Crippen LogP contribution is 2.27. The molecule has 0 aliphatic carbocycles. The van der Waals surface area contributed by atoms with Crippen molar-refractivity contribution in [1.29, 1.82) is 0 Å². The lowest BCUT2D eigenvalue weighted by Crippen LogP contribution is -2.38. The molecule has 1 aliphatic rings. The minimum atomic E-state index is -0.703. The van der Waals surface area contributed by atoms with Gasteiger partial charge in [0.25, 0.3) is 0 Å². The van der Waals surface area contributed by atoms with Crippen molar-refractivity contribution in [3.63, 3.8) is 0 Å². The van der Waals surface area contributed by atoms with E-state index in [1.165, 1.54) is 5.56 Å². The van der Waals surface area contributed by atoms with E-state index in [2.05, 4.69) is 39.0 Å². The highest BCUT2D eigenvalue weighted by Gasteiger charge is 2.36. The Bertz CT molecular complexity index is 461. The fraction of sp³-hybridized carbons (Fsp3) is 0.500. The van der Waals surface area contributed by atoms with E-state index in [0.717, 1.165) is 23.0 Å². The number of rotatable bonds is 3. The van der Waals surface area contributed by atoms with Crippen LogP contribution in [0.15, 0.2) is 22.7 Å². The van der Waals surface area contributed by atoms with Gasteiger partial charge in [-0.25, -0.2) is 0 Å². The van der Waals surface area contributed by atoms with Gasteiger partial charge in [0.05, 0.1) is 0 Å². The van der Waals surface area contributed by atoms with Crippen LogP contribution in [0.5, 0.6) is 0 Å². The zero-order valence-electron chi connectivity index (χ0n) is 10.7. The molecule has 0 aromatic heterocycles.